The fourth-order valence-corrected chi connectivity index (χ4v) is 3.20. The Kier molecular flexibility index (Phi) is 4.28. The number of hydrogen-bond acceptors (Lipinski definition) is 5. The van der Waals surface area contributed by atoms with Crippen molar-refractivity contribution in [3.8, 4) is 0 Å². The van der Waals surface area contributed by atoms with Crippen molar-refractivity contribution in [3.05, 3.63) is 39.4 Å². The average Bonchev–Trinajstić information content (AvgIpc) is 2.80. The Bertz CT molecular complexity index is 724. The molecule has 0 radical (unpaired) electrons. The normalized spacial score (nSPS) is 17.8. The molecule has 2 aliphatic rings. The summed E-state index contributed by atoms with van der Waals surface area (Å²) in [7, 11) is 0. The summed E-state index contributed by atoms with van der Waals surface area (Å²) in [4.78, 5) is 47.7. The second-order valence-corrected chi connectivity index (χ2v) is 6.09. The van der Waals surface area contributed by atoms with E-state index in [4.69, 9.17) is 0 Å². The van der Waals surface area contributed by atoms with Crippen LogP contribution in [0, 0.1) is 10.1 Å². The minimum atomic E-state index is -0.669. The van der Waals surface area contributed by atoms with Gasteiger partial charge in [-0.2, -0.15) is 0 Å². The van der Waals surface area contributed by atoms with Gasteiger partial charge in [0.15, 0.2) is 0 Å². The van der Waals surface area contributed by atoms with Crippen LogP contribution in [0.3, 0.4) is 0 Å². The number of non-ortho nitro benzene ring substituents is 1. The van der Waals surface area contributed by atoms with Crippen LogP contribution >= 0.6 is 0 Å². The van der Waals surface area contributed by atoms with Crippen LogP contribution in [-0.2, 0) is 4.79 Å². The molecular weight excluding hydrogens is 314 g/mol. The number of nitro benzene ring substituents is 1. The van der Waals surface area contributed by atoms with Gasteiger partial charge in [-0.1, -0.05) is 19.3 Å². The molecule has 3 amide bonds. The maximum absolute atomic E-state index is 12.3. The Morgan fingerprint density at radius 1 is 1.17 bits per heavy atom. The summed E-state index contributed by atoms with van der Waals surface area (Å²) in [5, 5.41) is 13.7. The molecule has 1 N–H and O–H groups in total. The summed E-state index contributed by atoms with van der Waals surface area (Å²) >= 11 is 0. The Morgan fingerprint density at radius 2 is 1.83 bits per heavy atom. The molecule has 1 aliphatic carbocycles. The number of hydrogen-bond donors (Lipinski definition) is 1. The molecule has 0 atom stereocenters. The second-order valence-electron chi connectivity index (χ2n) is 6.09. The van der Waals surface area contributed by atoms with E-state index in [0.717, 1.165) is 43.1 Å². The van der Waals surface area contributed by atoms with Crippen molar-refractivity contribution < 1.29 is 19.3 Å². The van der Waals surface area contributed by atoms with Crippen LogP contribution < -0.4 is 5.32 Å². The molecule has 1 heterocycles. The minimum absolute atomic E-state index is 0.0281. The Labute approximate surface area is 138 Å². The van der Waals surface area contributed by atoms with Crippen molar-refractivity contribution in [1.82, 2.24) is 10.2 Å². The topological polar surface area (TPSA) is 110 Å². The number of fused-ring (bicyclic) bond motifs is 1. The predicted octanol–water partition coefficient (Wildman–Crippen LogP) is 1.64. The van der Waals surface area contributed by atoms with Gasteiger partial charge in [-0.25, -0.2) is 0 Å². The lowest BCUT2D eigenvalue weighted by Gasteiger charge is -2.23. The summed E-state index contributed by atoms with van der Waals surface area (Å²) < 4.78 is 0. The first-order valence-corrected chi connectivity index (χ1v) is 7.91. The molecule has 0 unspecified atom stereocenters. The molecule has 1 fully saturated rings. The third-order valence-electron chi connectivity index (χ3n) is 4.44. The van der Waals surface area contributed by atoms with Gasteiger partial charge in [-0.3, -0.25) is 29.4 Å². The van der Waals surface area contributed by atoms with Gasteiger partial charge in [0.25, 0.3) is 17.5 Å². The zero-order chi connectivity index (χ0) is 17.3. The molecule has 0 spiro atoms. The first-order chi connectivity index (χ1) is 11.5. The second kappa shape index (κ2) is 6.38. The van der Waals surface area contributed by atoms with Crippen LogP contribution in [0.5, 0.6) is 0 Å². The van der Waals surface area contributed by atoms with Crippen molar-refractivity contribution in [2.24, 2.45) is 0 Å². The van der Waals surface area contributed by atoms with Crippen molar-refractivity contribution in [3.63, 3.8) is 0 Å². The molecule has 0 bridgehead atoms. The molecule has 3 rings (SSSR count). The molecule has 1 saturated carbocycles. The van der Waals surface area contributed by atoms with Crippen LogP contribution in [0.15, 0.2) is 18.2 Å². The average molecular weight is 331 g/mol. The summed E-state index contributed by atoms with van der Waals surface area (Å²) in [6.07, 6.45) is 5.08. The number of imide groups is 1. The van der Waals surface area contributed by atoms with E-state index in [1.807, 2.05) is 0 Å². The number of carbonyl (C=O) groups excluding carboxylic acids is 3. The summed E-state index contributed by atoms with van der Waals surface area (Å²) in [6, 6.07) is 3.60. The van der Waals surface area contributed by atoms with Gasteiger partial charge < -0.3 is 5.32 Å². The van der Waals surface area contributed by atoms with Crippen LogP contribution in [0.2, 0.25) is 0 Å². The third kappa shape index (κ3) is 2.99. The summed E-state index contributed by atoms with van der Waals surface area (Å²) in [5.74, 6) is -1.65. The van der Waals surface area contributed by atoms with E-state index in [0.29, 0.717) is 0 Å². The molecule has 0 saturated heterocycles. The Morgan fingerprint density at radius 3 is 2.50 bits per heavy atom. The molecule has 0 aromatic heterocycles. The van der Waals surface area contributed by atoms with Crippen LogP contribution in [0.1, 0.15) is 52.8 Å². The van der Waals surface area contributed by atoms with Gasteiger partial charge in [0.05, 0.1) is 16.1 Å². The van der Waals surface area contributed by atoms with Crippen molar-refractivity contribution in [2.45, 2.75) is 38.1 Å². The lowest BCUT2D eigenvalue weighted by Crippen LogP contribution is -2.44. The molecule has 8 heteroatoms. The molecular formula is C16H17N3O5. The number of nitrogens with one attached hydrogen (secondary N) is 1. The standard InChI is InChI=1S/C16H17N3O5/c20-14(17-10-4-2-1-3-5-10)9-18-15(21)12-7-6-11(19(23)24)8-13(12)16(18)22/h6-8,10H,1-5,9H2,(H,17,20). The Hall–Kier alpha value is -2.77. The fraction of sp³-hybridized carbons (Fsp3) is 0.438. The fourth-order valence-electron chi connectivity index (χ4n) is 3.20. The maximum atomic E-state index is 12.3. The first-order valence-electron chi connectivity index (χ1n) is 7.91. The van der Waals surface area contributed by atoms with Gasteiger partial charge in [-0.15, -0.1) is 0 Å². The molecule has 126 valence electrons. The van der Waals surface area contributed by atoms with E-state index in [1.165, 1.54) is 12.1 Å². The van der Waals surface area contributed by atoms with Crippen LogP contribution in [-0.4, -0.2) is 40.1 Å². The molecule has 24 heavy (non-hydrogen) atoms. The molecule has 1 aromatic carbocycles. The number of rotatable bonds is 4. The minimum Gasteiger partial charge on any atom is -0.352 e. The predicted molar refractivity (Wildman–Crippen MR) is 83.5 cm³/mol. The first kappa shape index (κ1) is 16.1. The van der Waals surface area contributed by atoms with Crippen LogP contribution in [0.25, 0.3) is 0 Å². The van der Waals surface area contributed by atoms with Crippen molar-refractivity contribution >= 4 is 23.4 Å². The lowest BCUT2D eigenvalue weighted by atomic mass is 9.95. The zero-order valence-electron chi connectivity index (χ0n) is 13.0. The Balaban J connectivity index is 1.71. The van der Waals surface area contributed by atoms with E-state index in [1.54, 1.807) is 0 Å². The zero-order valence-corrected chi connectivity index (χ0v) is 13.0. The number of amides is 3. The van der Waals surface area contributed by atoms with Gasteiger partial charge in [0.1, 0.15) is 6.54 Å². The van der Waals surface area contributed by atoms with Crippen molar-refractivity contribution in [2.75, 3.05) is 6.54 Å². The van der Waals surface area contributed by atoms with Gasteiger partial charge >= 0.3 is 0 Å². The number of benzene rings is 1. The molecule has 8 nitrogen and oxygen atoms in total. The van der Waals surface area contributed by atoms with E-state index in [-0.39, 0.29) is 35.3 Å². The van der Waals surface area contributed by atoms with E-state index in [9.17, 15) is 24.5 Å². The summed E-state index contributed by atoms with van der Waals surface area (Å²) in [6.45, 7) is -0.364. The maximum Gasteiger partial charge on any atom is 0.270 e. The van der Waals surface area contributed by atoms with E-state index >= 15 is 0 Å². The third-order valence-corrected chi connectivity index (χ3v) is 4.44. The summed E-state index contributed by atoms with van der Waals surface area (Å²) in [5.41, 5.74) is -0.195. The van der Waals surface area contributed by atoms with E-state index < -0.39 is 16.7 Å². The van der Waals surface area contributed by atoms with Gasteiger partial charge in [0, 0.05) is 18.2 Å². The lowest BCUT2D eigenvalue weighted by molar-refractivity contribution is -0.384. The SMILES string of the molecule is O=C(CN1C(=O)c2ccc([N+](=O)[O-])cc2C1=O)NC1CCCCC1. The highest BCUT2D eigenvalue weighted by atomic mass is 16.6. The molecule has 1 aromatic rings. The largest absolute Gasteiger partial charge is 0.352 e. The van der Waals surface area contributed by atoms with Crippen LogP contribution in [0.4, 0.5) is 5.69 Å². The molecule has 1 aliphatic heterocycles. The number of carbonyl (C=O) groups is 3. The number of nitrogens with zero attached hydrogens (tertiary/aromatic N) is 2. The highest BCUT2D eigenvalue weighted by molar-refractivity contribution is 6.22. The van der Waals surface area contributed by atoms with Gasteiger partial charge in [-0.05, 0) is 18.9 Å². The highest BCUT2D eigenvalue weighted by Gasteiger charge is 2.38. The quantitative estimate of drug-likeness (QED) is 0.512. The monoisotopic (exact) mass is 331 g/mol. The van der Waals surface area contributed by atoms with E-state index in [2.05, 4.69) is 5.32 Å². The number of nitro groups is 1. The highest BCUT2D eigenvalue weighted by Crippen LogP contribution is 2.26. The van der Waals surface area contributed by atoms with Gasteiger partial charge in [0.2, 0.25) is 5.91 Å². The van der Waals surface area contributed by atoms with Crippen molar-refractivity contribution in [1.29, 1.82) is 0 Å². The smallest absolute Gasteiger partial charge is 0.270 e.